The Bertz CT molecular complexity index is 2330. The molecule has 63 heavy (non-hydrogen) atoms. The number of benzene rings is 4. The molecule has 3 heterocycles. The Hall–Kier alpha value is -6.86. The van der Waals surface area contributed by atoms with Gasteiger partial charge >= 0.3 is 12.2 Å². The van der Waals surface area contributed by atoms with E-state index in [0.717, 1.165) is 32.9 Å². The first-order chi connectivity index (χ1) is 30.5. The van der Waals surface area contributed by atoms with E-state index in [9.17, 15) is 19.2 Å². The predicted molar refractivity (Wildman–Crippen MR) is 240 cm³/mol. The van der Waals surface area contributed by atoms with Crippen molar-refractivity contribution in [3.8, 4) is 0 Å². The monoisotopic (exact) mass is 850 g/mol. The lowest BCUT2D eigenvalue weighted by Gasteiger charge is -2.26. The number of rotatable bonds is 18. The number of hydrogen-bond donors (Lipinski definition) is 4. The van der Waals surface area contributed by atoms with Gasteiger partial charge in [-0.1, -0.05) is 137 Å². The Labute approximate surface area is 367 Å². The lowest BCUT2D eigenvalue weighted by Crippen LogP contribution is -2.55. The van der Waals surface area contributed by atoms with Crippen molar-refractivity contribution < 1.29 is 33.4 Å². The summed E-state index contributed by atoms with van der Waals surface area (Å²) in [5, 5.41) is 13.8. The van der Waals surface area contributed by atoms with Crippen LogP contribution in [0, 0.1) is 11.8 Å². The molecule has 1 fully saturated rings. The fraction of sp³-hybridized carbons (Fsp3) is 0.320. The van der Waals surface area contributed by atoms with Crippen LogP contribution < -0.4 is 21.3 Å². The van der Waals surface area contributed by atoms with Crippen molar-refractivity contribution in [3.05, 3.63) is 156 Å². The SMILES string of the molecule is CC(C)[C@H](NC(=O)OCc1ccc2ccccc2n1)C(=O)N[C@@H](Cc1ccccc1)[C@@H]1O[C@@H]1[C@H](Cc1ccccc1)NC(=O)[C@@H](NC(=O)OCc1ccc2ccccc2n1)C(C)C. The largest absolute Gasteiger partial charge is 0.443 e. The number of hydrogen-bond acceptors (Lipinski definition) is 9. The molecule has 1 aliphatic rings. The second kappa shape index (κ2) is 20.8. The summed E-state index contributed by atoms with van der Waals surface area (Å²) in [6.07, 6.45) is -1.62. The van der Waals surface area contributed by atoms with Crippen LogP contribution in [0.3, 0.4) is 0 Å². The Morgan fingerprint density at radius 3 is 1.29 bits per heavy atom. The molecule has 4 amide bonds. The summed E-state index contributed by atoms with van der Waals surface area (Å²) in [6, 6.07) is 39.4. The summed E-state index contributed by atoms with van der Waals surface area (Å²) in [7, 11) is 0. The summed E-state index contributed by atoms with van der Waals surface area (Å²) in [4.78, 5) is 63.6. The van der Waals surface area contributed by atoms with E-state index in [4.69, 9.17) is 14.2 Å². The molecule has 0 unspecified atom stereocenters. The topological polar surface area (TPSA) is 173 Å². The number of epoxide rings is 1. The zero-order valence-electron chi connectivity index (χ0n) is 35.9. The van der Waals surface area contributed by atoms with Crippen LogP contribution in [0.15, 0.2) is 133 Å². The number of carbonyl (C=O) groups is 4. The molecule has 2 aromatic heterocycles. The highest BCUT2D eigenvalue weighted by molar-refractivity contribution is 5.87. The van der Waals surface area contributed by atoms with Gasteiger partial charge in [-0.3, -0.25) is 9.59 Å². The van der Waals surface area contributed by atoms with Crippen LogP contribution in [0.5, 0.6) is 0 Å². The quantitative estimate of drug-likeness (QED) is 0.0653. The second-order valence-corrected chi connectivity index (χ2v) is 16.5. The fourth-order valence-corrected chi connectivity index (χ4v) is 7.63. The first-order valence-corrected chi connectivity index (χ1v) is 21.4. The number of alkyl carbamates (subject to hydrolysis) is 2. The zero-order chi connectivity index (χ0) is 44.3. The summed E-state index contributed by atoms with van der Waals surface area (Å²) in [6.45, 7) is 7.25. The molecule has 0 bridgehead atoms. The van der Waals surface area contributed by atoms with Gasteiger partial charge in [0.05, 0.1) is 34.5 Å². The molecular weight excluding hydrogens is 797 g/mol. The van der Waals surface area contributed by atoms with E-state index in [1.54, 1.807) is 12.1 Å². The minimum Gasteiger partial charge on any atom is -0.443 e. The molecule has 7 rings (SSSR count). The highest BCUT2D eigenvalue weighted by atomic mass is 16.6. The third-order valence-corrected chi connectivity index (χ3v) is 11.1. The molecule has 4 aromatic carbocycles. The van der Waals surface area contributed by atoms with E-state index in [0.29, 0.717) is 24.2 Å². The molecule has 6 atom stereocenters. The number of carbonyl (C=O) groups excluding carboxylic acids is 4. The number of fused-ring (bicyclic) bond motifs is 2. The highest BCUT2D eigenvalue weighted by Gasteiger charge is 2.51. The number of nitrogens with one attached hydrogen (secondary N) is 4. The van der Waals surface area contributed by atoms with E-state index in [-0.39, 0.29) is 25.0 Å². The maximum atomic E-state index is 14.1. The van der Waals surface area contributed by atoms with Crippen LogP contribution in [0.2, 0.25) is 0 Å². The Morgan fingerprint density at radius 2 is 0.889 bits per heavy atom. The summed E-state index contributed by atoms with van der Waals surface area (Å²) in [5.41, 5.74) is 4.68. The van der Waals surface area contributed by atoms with Crippen LogP contribution in [0.1, 0.15) is 50.2 Å². The summed E-state index contributed by atoms with van der Waals surface area (Å²) >= 11 is 0. The molecular formula is C50H54N6O7. The third kappa shape index (κ3) is 12.2. The molecule has 0 saturated carbocycles. The molecule has 1 saturated heterocycles. The molecule has 6 aromatic rings. The number of ether oxygens (including phenoxy) is 3. The smallest absolute Gasteiger partial charge is 0.408 e. The van der Waals surface area contributed by atoms with Gasteiger partial charge < -0.3 is 35.5 Å². The number of aromatic nitrogens is 2. The number of pyridine rings is 2. The van der Waals surface area contributed by atoms with Gasteiger partial charge in [0.2, 0.25) is 11.8 Å². The van der Waals surface area contributed by atoms with E-state index < -0.39 is 60.4 Å². The molecule has 13 nitrogen and oxygen atoms in total. The Morgan fingerprint density at radius 1 is 0.508 bits per heavy atom. The molecule has 1 aliphatic heterocycles. The maximum Gasteiger partial charge on any atom is 0.408 e. The fourth-order valence-electron chi connectivity index (χ4n) is 7.63. The van der Waals surface area contributed by atoms with Gasteiger partial charge in [-0.2, -0.15) is 0 Å². The number of amides is 4. The lowest BCUT2D eigenvalue weighted by atomic mass is 9.94. The van der Waals surface area contributed by atoms with Gasteiger partial charge in [0, 0.05) is 10.8 Å². The zero-order valence-corrected chi connectivity index (χ0v) is 35.9. The first-order valence-electron chi connectivity index (χ1n) is 21.4. The normalized spacial score (nSPS) is 16.4. The van der Waals surface area contributed by atoms with Gasteiger partial charge in [-0.05, 0) is 60.1 Å². The standard InChI is InChI=1S/C50H54N6O7/c1-31(2)43(55-49(59)61-29-37-25-23-35-19-11-13-21-39(35)51-37)47(57)53-41(27-33-15-7-5-8-16-33)45-46(63-45)42(28-34-17-9-6-10-18-34)54-48(58)44(32(3)4)56-50(60)62-30-38-26-24-36-20-12-14-22-40(36)52-38/h5-26,31-32,41-46H,27-30H2,1-4H3,(H,53,57)(H,54,58)(H,55,59)(H,56,60)/t41-,42-,43-,44-,45-,46+/m0/s1. The summed E-state index contributed by atoms with van der Waals surface area (Å²) < 4.78 is 17.4. The minimum absolute atomic E-state index is 0.0664. The highest BCUT2D eigenvalue weighted by Crippen LogP contribution is 2.32. The van der Waals surface area contributed by atoms with Gasteiger partial charge in [0.25, 0.3) is 0 Å². The van der Waals surface area contributed by atoms with Crippen molar-refractivity contribution in [2.75, 3.05) is 0 Å². The van der Waals surface area contributed by atoms with Gasteiger partial charge in [-0.15, -0.1) is 0 Å². The van der Waals surface area contributed by atoms with Crippen molar-refractivity contribution in [2.24, 2.45) is 11.8 Å². The van der Waals surface area contributed by atoms with Crippen molar-refractivity contribution >= 4 is 45.8 Å². The number of para-hydroxylation sites is 2. The van der Waals surface area contributed by atoms with Gasteiger partial charge in [0.15, 0.2) is 0 Å². The van der Waals surface area contributed by atoms with Crippen LogP contribution in [-0.2, 0) is 49.9 Å². The van der Waals surface area contributed by atoms with Crippen molar-refractivity contribution in [1.82, 2.24) is 31.2 Å². The van der Waals surface area contributed by atoms with Gasteiger partial charge in [0.1, 0.15) is 37.5 Å². The maximum absolute atomic E-state index is 14.1. The Kier molecular flexibility index (Phi) is 14.6. The predicted octanol–water partition coefficient (Wildman–Crippen LogP) is 7.21. The Balaban J connectivity index is 1.02. The molecule has 4 N–H and O–H groups in total. The van der Waals surface area contributed by atoms with Crippen LogP contribution >= 0.6 is 0 Å². The van der Waals surface area contributed by atoms with Crippen molar-refractivity contribution in [2.45, 2.75) is 90.1 Å². The van der Waals surface area contributed by atoms with E-state index in [2.05, 4.69) is 31.2 Å². The van der Waals surface area contributed by atoms with Crippen molar-refractivity contribution in [1.29, 1.82) is 0 Å². The average Bonchev–Trinajstić information content (AvgIpc) is 4.10. The van der Waals surface area contributed by atoms with Crippen LogP contribution in [0.4, 0.5) is 9.59 Å². The van der Waals surface area contributed by atoms with E-state index in [1.165, 1.54) is 0 Å². The van der Waals surface area contributed by atoms with Gasteiger partial charge in [-0.25, -0.2) is 19.6 Å². The van der Waals surface area contributed by atoms with E-state index in [1.807, 2.05) is 149 Å². The minimum atomic E-state index is -0.924. The van der Waals surface area contributed by atoms with Crippen molar-refractivity contribution in [3.63, 3.8) is 0 Å². The molecule has 0 aliphatic carbocycles. The third-order valence-electron chi connectivity index (χ3n) is 11.1. The van der Waals surface area contributed by atoms with Crippen LogP contribution in [0.25, 0.3) is 21.8 Å². The molecule has 326 valence electrons. The second-order valence-electron chi connectivity index (χ2n) is 16.5. The molecule has 0 radical (unpaired) electrons. The first kappa shape index (κ1) is 44.2. The number of nitrogens with zero attached hydrogens (tertiary/aromatic N) is 2. The van der Waals surface area contributed by atoms with E-state index >= 15 is 0 Å². The van der Waals surface area contributed by atoms with Crippen LogP contribution in [-0.4, -0.2) is 70.3 Å². The summed E-state index contributed by atoms with van der Waals surface area (Å²) in [5.74, 6) is -1.37. The molecule has 13 heteroatoms. The lowest BCUT2D eigenvalue weighted by molar-refractivity contribution is -0.125. The molecule has 0 spiro atoms. The average molecular weight is 851 g/mol.